The van der Waals surface area contributed by atoms with Gasteiger partial charge in [0, 0.05) is 30.6 Å². The number of amides is 1. The van der Waals surface area contributed by atoms with Gasteiger partial charge in [0.2, 0.25) is 5.91 Å². The van der Waals surface area contributed by atoms with Gasteiger partial charge in [0.1, 0.15) is 6.54 Å². The number of hydrogen-bond acceptors (Lipinski definition) is 4. The van der Waals surface area contributed by atoms with E-state index < -0.39 is 0 Å². The Hall–Kier alpha value is -3.28. The Balaban J connectivity index is 1.68. The monoisotopic (exact) mass is 334 g/mol. The van der Waals surface area contributed by atoms with Gasteiger partial charge in [-0.05, 0) is 30.7 Å². The van der Waals surface area contributed by atoms with E-state index in [1.807, 2.05) is 37.3 Å². The molecule has 1 amide bonds. The third-order valence-electron chi connectivity index (χ3n) is 3.73. The van der Waals surface area contributed by atoms with Gasteiger partial charge in [-0.1, -0.05) is 29.8 Å². The van der Waals surface area contributed by atoms with E-state index in [0.29, 0.717) is 12.2 Å². The number of rotatable bonds is 5. The van der Waals surface area contributed by atoms with Crippen molar-refractivity contribution in [3.8, 4) is 11.3 Å². The first-order valence-corrected chi connectivity index (χ1v) is 7.92. The van der Waals surface area contributed by atoms with E-state index >= 15 is 0 Å². The Morgan fingerprint density at radius 3 is 2.64 bits per heavy atom. The first-order chi connectivity index (χ1) is 12.1. The van der Waals surface area contributed by atoms with Crippen LogP contribution in [-0.2, 0) is 17.9 Å². The molecule has 1 N–H and O–H groups in total. The second kappa shape index (κ2) is 7.53. The topological polar surface area (TPSA) is 76.9 Å². The predicted molar refractivity (Wildman–Crippen MR) is 94.8 cm³/mol. The standard InChI is InChI=1S/C19H18N4O2/c1-14-4-6-15(7-5-14)11-21-18(24)13-23-19(25)9-8-17(22-23)16-3-2-10-20-12-16/h2-10,12H,11,13H2,1H3,(H,21,24). The van der Waals surface area contributed by atoms with Crippen LogP contribution in [0.1, 0.15) is 11.1 Å². The van der Waals surface area contributed by atoms with Crippen LogP contribution in [0.3, 0.4) is 0 Å². The molecule has 2 heterocycles. The molecule has 0 aliphatic heterocycles. The molecular weight excluding hydrogens is 316 g/mol. The summed E-state index contributed by atoms with van der Waals surface area (Å²) in [5, 5.41) is 7.05. The first kappa shape index (κ1) is 16.6. The highest BCUT2D eigenvalue weighted by molar-refractivity contribution is 5.75. The molecule has 0 spiro atoms. The SMILES string of the molecule is Cc1ccc(CNC(=O)Cn2nc(-c3cccnc3)ccc2=O)cc1. The number of nitrogens with zero attached hydrogens (tertiary/aromatic N) is 3. The number of carbonyl (C=O) groups excluding carboxylic acids is 1. The number of carbonyl (C=O) groups is 1. The predicted octanol–water partition coefficient (Wildman–Crippen LogP) is 1.93. The molecule has 0 fully saturated rings. The molecule has 0 saturated heterocycles. The molecule has 126 valence electrons. The molecule has 25 heavy (non-hydrogen) atoms. The average Bonchev–Trinajstić information content (AvgIpc) is 2.64. The van der Waals surface area contributed by atoms with E-state index in [1.54, 1.807) is 24.5 Å². The molecule has 0 bridgehead atoms. The van der Waals surface area contributed by atoms with Crippen molar-refractivity contribution in [3.63, 3.8) is 0 Å². The van der Waals surface area contributed by atoms with Gasteiger partial charge in [0.25, 0.3) is 5.56 Å². The number of hydrogen-bond donors (Lipinski definition) is 1. The van der Waals surface area contributed by atoms with Crippen molar-refractivity contribution in [2.24, 2.45) is 0 Å². The van der Waals surface area contributed by atoms with Gasteiger partial charge in [-0.3, -0.25) is 14.6 Å². The maximum atomic E-state index is 12.1. The highest BCUT2D eigenvalue weighted by Gasteiger charge is 2.08. The Morgan fingerprint density at radius 2 is 1.92 bits per heavy atom. The largest absolute Gasteiger partial charge is 0.350 e. The lowest BCUT2D eigenvalue weighted by molar-refractivity contribution is -0.122. The number of nitrogens with one attached hydrogen (secondary N) is 1. The molecule has 0 atom stereocenters. The Labute approximate surface area is 145 Å². The molecule has 0 aliphatic rings. The summed E-state index contributed by atoms with van der Waals surface area (Å²) in [4.78, 5) is 28.1. The summed E-state index contributed by atoms with van der Waals surface area (Å²) in [6, 6.07) is 14.6. The van der Waals surface area contributed by atoms with Crippen molar-refractivity contribution in [3.05, 3.63) is 82.4 Å². The fraction of sp³-hybridized carbons (Fsp3) is 0.158. The van der Waals surface area contributed by atoms with Crippen LogP contribution >= 0.6 is 0 Å². The smallest absolute Gasteiger partial charge is 0.267 e. The van der Waals surface area contributed by atoms with Crippen LogP contribution in [0.15, 0.2) is 65.7 Å². The van der Waals surface area contributed by atoms with E-state index in [2.05, 4.69) is 15.4 Å². The van der Waals surface area contributed by atoms with Gasteiger partial charge in [0.15, 0.2) is 0 Å². The summed E-state index contributed by atoms with van der Waals surface area (Å²) >= 11 is 0. The fourth-order valence-electron chi connectivity index (χ4n) is 2.33. The van der Waals surface area contributed by atoms with Crippen LogP contribution in [0, 0.1) is 6.92 Å². The zero-order chi connectivity index (χ0) is 17.6. The molecule has 0 saturated carbocycles. The maximum absolute atomic E-state index is 12.1. The van der Waals surface area contributed by atoms with Crippen LogP contribution in [0.5, 0.6) is 0 Å². The molecule has 6 heteroatoms. The minimum absolute atomic E-state index is 0.126. The van der Waals surface area contributed by atoms with Gasteiger partial charge in [-0.15, -0.1) is 0 Å². The molecule has 0 unspecified atom stereocenters. The van der Waals surface area contributed by atoms with Gasteiger partial charge >= 0.3 is 0 Å². The van der Waals surface area contributed by atoms with E-state index in [9.17, 15) is 9.59 Å². The van der Waals surface area contributed by atoms with Crippen molar-refractivity contribution in [2.45, 2.75) is 20.0 Å². The van der Waals surface area contributed by atoms with Crippen LogP contribution in [0.4, 0.5) is 0 Å². The lowest BCUT2D eigenvalue weighted by Gasteiger charge is -2.08. The van der Waals surface area contributed by atoms with E-state index in [4.69, 9.17) is 0 Å². The summed E-state index contributed by atoms with van der Waals surface area (Å²) in [5.41, 5.74) is 3.23. The minimum atomic E-state index is -0.321. The molecular formula is C19H18N4O2. The molecule has 0 radical (unpaired) electrons. The summed E-state index contributed by atoms with van der Waals surface area (Å²) in [5.74, 6) is -0.265. The van der Waals surface area contributed by atoms with Gasteiger partial charge < -0.3 is 5.32 Å². The summed E-state index contributed by atoms with van der Waals surface area (Å²) < 4.78 is 1.16. The summed E-state index contributed by atoms with van der Waals surface area (Å²) in [7, 11) is 0. The van der Waals surface area contributed by atoms with E-state index in [0.717, 1.165) is 21.4 Å². The molecule has 3 aromatic rings. The third-order valence-corrected chi connectivity index (χ3v) is 3.73. The minimum Gasteiger partial charge on any atom is -0.350 e. The lowest BCUT2D eigenvalue weighted by Crippen LogP contribution is -2.33. The van der Waals surface area contributed by atoms with Crippen LogP contribution in [0.25, 0.3) is 11.3 Å². The molecule has 0 aliphatic carbocycles. The summed E-state index contributed by atoms with van der Waals surface area (Å²) in [6.45, 7) is 2.30. The lowest BCUT2D eigenvalue weighted by atomic mass is 10.1. The quantitative estimate of drug-likeness (QED) is 0.773. The number of benzene rings is 1. The second-order valence-corrected chi connectivity index (χ2v) is 5.72. The molecule has 2 aromatic heterocycles. The summed E-state index contributed by atoms with van der Waals surface area (Å²) in [6.07, 6.45) is 3.33. The number of aromatic nitrogens is 3. The normalized spacial score (nSPS) is 10.4. The van der Waals surface area contributed by atoms with Crippen molar-refractivity contribution in [1.29, 1.82) is 0 Å². The van der Waals surface area contributed by atoms with Crippen molar-refractivity contribution in [1.82, 2.24) is 20.1 Å². The molecule has 3 rings (SSSR count). The van der Waals surface area contributed by atoms with Crippen LogP contribution in [0.2, 0.25) is 0 Å². The highest BCUT2D eigenvalue weighted by atomic mass is 16.2. The molecule has 1 aromatic carbocycles. The Kier molecular flexibility index (Phi) is 4.99. The zero-order valence-electron chi connectivity index (χ0n) is 13.8. The van der Waals surface area contributed by atoms with Crippen LogP contribution in [-0.4, -0.2) is 20.7 Å². The maximum Gasteiger partial charge on any atom is 0.267 e. The van der Waals surface area contributed by atoms with E-state index in [1.165, 1.54) is 6.07 Å². The van der Waals surface area contributed by atoms with Crippen molar-refractivity contribution < 1.29 is 4.79 Å². The average molecular weight is 334 g/mol. The number of aryl methyl sites for hydroxylation is 1. The van der Waals surface area contributed by atoms with Gasteiger partial charge in [-0.25, -0.2) is 4.68 Å². The zero-order valence-corrected chi connectivity index (χ0v) is 13.8. The number of pyridine rings is 1. The first-order valence-electron chi connectivity index (χ1n) is 7.92. The van der Waals surface area contributed by atoms with Crippen molar-refractivity contribution >= 4 is 5.91 Å². The molecule has 6 nitrogen and oxygen atoms in total. The van der Waals surface area contributed by atoms with Crippen molar-refractivity contribution in [2.75, 3.05) is 0 Å². The fourth-order valence-corrected chi connectivity index (χ4v) is 2.33. The second-order valence-electron chi connectivity index (χ2n) is 5.72. The van der Waals surface area contributed by atoms with Gasteiger partial charge in [0.05, 0.1) is 5.69 Å². The van der Waals surface area contributed by atoms with E-state index in [-0.39, 0.29) is 18.0 Å². The van der Waals surface area contributed by atoms with Gasteiger partial charge in [-0.2, -0.15) is 5.10 Å². The third kappa shape index (κ3) is 4.38. The Morgan fingerprint density at radius 1 is 1.12 bits per heavy atom. The Bertz CT molecular complexity index is 918. The van der Waals surface area contributed by atoms with Crippen LogP contribution < -0.4 is 10.9 Å². The highest BCUT2D eigenvalue weighted by Crippen LogP contribution is 2.12.